The van der Waals surface area contributed by atoms with Crippen LogP contribution >= 0.6 is 0 Å². The first kappa shape index (κ1) is 14.7. The minimum Gasteiger partial charge on any atom is -0.462 e. The summed E-state index contributed by atoms with van der Waals surface area (Å²) in [7, 11) is 0. The third-order valence-corrected chi connectivity index (χ3v) is 3.46. The lowest BCUT2D eigenvalue weighted by atomic mass is 9.75. The van der Waals surface area contributed by atoms with Crippen LogP contribution in [-0.2, 0) is 19.1 Å². The molecule has 2 unspecified atom stereocenters. The zero-order chi connectivity index (χ0) is 13.7. The maximum absolute atomic E-state index is 11.0. The Hall–Kier alpha value is -1.32. The normalized spacial score (nSPS) is 31.5. The van der Waals surface area contributed by atoms with E-state index < -0.39 is 0 Å². The molecule has 0 aromatic rings. The van der Waals surface area contributed by atoms with Crippen molar-refractivity contribution in [3.05, 3.63) is 12.7 Å². The summed E-state index contributed by atoms with van der Waals surface area (Å²) in [6.07, 6.45) is 2.98. The molecule has 18 heavy (non-hydrogen) atoms. The monoisotopic (exact) mass is 254 g/mol. The zero-order valence-corrected chi connectivity index (χ0v) is 11.3. The Balaban J connectivity index is 2.48. The van der Waals surface area contributed by atoms with Gasteiger partial charge < -0.3 is 9.47 Å². The molecular weight excluding hydrogens is 232 g/mol. The van der Waals surface area contributed by atoms with Crippen LogP contribution in [-0.4, -0.2) is 24.6 Å². The van der Waals surface area contributed by atoms with E-state index in [2.05, 4.69) is 20.4 Å². The highest BCUT2D eigenvalue weighted by molar-refractivity contribution is 5.81. The third-order valence-electron chi connectivity index (χ3n) is 3.46. The van der Waals surface area contributed by atoms with Gasteiger partial charge in [0.15, 0.2) is 0 Å². The van der Waals surface area contributed by atoms with E-state index in [1.54, 1.807) is 0 Å². The van der Waals surface area contributed by atoms with Crippen molar-refractivity contribution in [2.75, 3.05) is 6.61 Å². The van der Waals surface area contributed by atoms with Crippen molar-refractivity contribution in [1.82, 2.24) is 0 Å². The summed E-state index contributed by atoms with van der Waals surface area (Å²) in [5, 5.41) is 0. The number of rotatable bonds is 4. The summed E-state index contributed by atoms with van der Waals surface area (Å²) in [6.45, 7) is 9.38. The van der Waals surface area contributed by atoms with Crippen molar-refractivity contribution in [2.24, 2.45) is 17.8 Å². The quantitative estimate of drug-likeness (QED) is 0.570. The van der Waals surface area contributed by atoms with E-state index >= 15 is 0 Å². The molecule has 0 amide bonds. The highest BCUT2D eigenvalue weighted by Gasteiger charge is 2.35. The second-order valence-corrected chi connectivity index (χ2v) is 5.20. The number of hydrogen-bond donors (Lipinski definition) is 0. The van der Waals surface area contributed by atoms with Gasteiger partial charge in [0.25, 0.3) is 0 Å². The minimum absolute atomic E-state index is 0.0196. The van der Waals surface area contributed by atoms with Gasteiger partial charge in [-0.25, -0.2) is 4.79 Å². The van der Waals surface area contributed by atoms with Crippen molar-refractivity contribution in [3.63, 3.8) is 0 Å². The first-order valence-electron chi connectivity index (χ1n) is 6.40. The van der Waals surface area contributed by atoms with Gasteiger partial charge in [-0.2, -0.15) is 0 Å². The average Bonchev–Trinajstić information content (AvgIpc) is 2.30. The van der Waals surface area contributed by atoms with E-state index in [0.29, 0.717) is 24.4 Å². The molecule has 1 aliphatic carbocycles. The van der Waals surface area contributed by atoms with E-state index in [4.69, 9.17) is 9.47 Å². The van der Waals surface area contributed by atoms with Crippen molar-refractivity contribution in [1.29, 1.82) is 0 Å². The predicted molar refractivity (Wildman–Crippen MR) is 67.8 cm³/mol. The standard InChI is InChI=1S/C14H22O4/c1-5-13(16)17-8-12-6-9(2)14(10(3)7-12)18-11(4)15/h5,9-10,12,14H,1,6-8H2,2-4H3. The molecular formula is C14H22O4. The van der Waals surface area contributed by atoms with Gasteiger partial charge in [0.2, 0.25) is 0 Å². The fourth-order valence-electron chi connectivity index (χ4n) is 2.80. The third kappa shape index (κ3) is 4.17. The van der Waals surface area contributed by atoms with Gasteiger partial charge in [-0.05, 0) is 30.6 Å². The van der Waals surface area contributed by atoms with Gasteiger partial charge in [0.1, 0.15) is 6.10 Å². The Bertz CT molecular complexity index is 312. The molecule has 0 aromatic heterocycles. The minimum atomic E-state index is -0.377. The molecule has 1 aliphatic rings. The molecule has 0 spiro atoms. The lowest BCUT2D eigenvalue weighted by molar-refractivity contribution is -0.156. The van der Waals surface area contributed by atoms with Crippen LogP contribution in [0.1, 0.15) is 33.6 Å². The number of carbonyl (C=O) groups is 2. The molecule has 0 N–H and O–H groups in total. The smallest absolute Gasteiger partial charge is 0.330 e. The van der Waals surface area contributed by atoms with Crippen LogP contribution in [0.4, 0.5) is 0 Å². The number of ether oxygens (including phenoxy) is 2. The predicted octanol–water partition coefficient (Wildman–Crippen LogP) is 2.33. The second kappa shape index (κ2) is 6.57. The maximum Gasteiger partial charge on any atom is 0.330 e. The summed E-state index contributed by atoms with van der Waals surface area (Å²) >= 11 is 0. The molecule has 0 bridgehead atoms. The summed E-state index contributed by atoms with van der Waals surface area (Å²) in [6, 6.07) is 0. The lowest BCUT2D eigenvalue weighted by Crippen LogP contribution is -2.39. The van der Waals surface area contributed by atoms with Gasteiger partial charge in [0.05, 0.1) is 6.61 Å². The molecule has 0 aromatic carbocycles. The molecule has 0 aliphatic heterocycles. The Morgan fingerprint density at radius 1 is 1.28 bits per heavy atom. The van der Waals surface area contributed by atoms with Crippen LogP contribution in [0.2, 0.25) is 0 Å². The summed E-state index contributed by atoms with van der Waals surface area (Å²) in [5.41, 5.74) is 0. The Labute approximate surface area is 108 Å². The number of carbonyl (C=O) groups excluding carboxylic acids is 2. The van der Waals surface area contributed by atoms with Gasteiger partial charge in [0, 0.05) is 13.0 Å². The highest BCUT2D eigenvalue weighted by atomic mass is 16.5. The van der Waals surface area contributed by atoms with Crippen molar-refractivity contribution < 1.29 is 19.1 Å². The average molecular weight is 254 g/mol. The molecule has 4 nitrogen and oxygen atoms in total. The van der Waals surface area contributed by atoms with Crippen molar-refractivity contribution in [3.8, 4) is 0 Å². The van der Waals surface area contributed by atoms with Crippen LogP contribution < -0.4 is 0 Å². The lowest BCUT2D eigenvalue weighted by Gasteiger charge is -2.38. The first-order valence-corrected chi connectivity index (χ1v) is 6.40. The van der Waals surface area contributed by atoms with Gasteiger partial charge in [-0.3, -0.25) is 4.79 Å². The molecule has 0 radical (unpaired) electrons. The van der Waals surface area contributed by atoms with Crippen LogP contribution in [0, 0.1) is 17.8 Å². The zero-order valence-electron chi connectivity index (χ0n) is 11.3. The number of hydrogen-bond acceptors (Lipinski definition) is 4. The van der Waals surface area contributed by atoms with Crippen LogP contribution in [0.5, 0.6) is 0 Å². The van der Waals surface area contributed by atoms with E-state index in [0.717, 1.165) is 12.8 Å². The largest absolute Gasteiger partial charge is 0.462 e. The molecule has 102 valence electrons. The molecule has 1 saturated carbocycles. The van der Waals surface area contributed by atoms with E-state index in [-0.39, 0.29) is 18.0 Å². The first-order chi connectivity index (χ1) is 8.43. The van der Waals surface area contributed by atoms with Crippen LogP contribution in [0.15, 0.2) is 12.7 Å². The fraction of sp³-hybridized carbons (Fsp3) is 0.714. The summed E-state index contributed by atoms with van der Waals surface area (Å²) in [4.78, 5) is 22.1. The molecule has 0 heterocycles. The van der Waals surface area contributed by atoms with Gasteiger partial charge >= 0.3 is 11.9 Å². The molecule has 1 fully saturated rings. The SMILES string of the molecule is C=CC(=O)OCC1CC(C)C(OC(C)=O)C(C)C1. The van der Waals surface area contributed by atoms with Gasteiger partial charge in [-0.1, -0.05) is 20.4 Å². The molecule has 1 rings (SSSR count). The van der Waals surface area contributed by atoms with E-state index in [9.17, 15) is 9.59 Å². The highest BCUT2D eigenvalue weighted by Crippen LogP contribution is 2.35. The molecule has 4 heteroatoms. The number of esters is 2. The topological polar surface area (TPSA) is 52.6 Å². The molecule has 0 saturated heterocycles. The van der Waals surface area contributed by atoms with Crippen LogP contribution in [0.3, 0.4) is 0 Å². The second-order valence-electron chi connectivity index (χ2n) is 5.20. The Kier molecular flexibility index (Phi) is 5.38. The van der Waals surface area contributed by atoms with E-state index in [1.807, 2.05) is 0 Å². The van der Waals surface area contributed by atoms with Gasteiger partial charge in [-0.15, -0.1) is 0 Å². The Morgan fingerprint density at radius 3 is 2.28 bits per heavy atom. The Morgan fingerprint density at radius 2 is 1.83 bits per heavy atom. The van der Waals surface area contributed by atoms with Crippen molar-refractivity contribution in [2.45, 2.75) is 39.7 Å². The van der Waals surface area contributed by atoms with E-state index in [1.165, 1.54) is 13.0 Å². The summed E-state index contributed by atoms with van der Waals surface area (Å²) in [5.74, 6) is 0.327. The molecule has 2 atom stereocenters. The van der Waals surface area contributed by atoms with Crippen molar-refractivity contribution >= 4 is 11.9 Å². The van der Waals surface area contributed by atoms with Crippen LogP contribution in [0.25, 0.3) is 0 Å². The maximum atomic E-state index is 11.0. The fourth-order valence-corrected chi connectivity index (χ4v) is 2.80. The summed E-state index contributed by atoms with van der Waals surface area (Å²) < 4.78 is 10.4.